The smallest absolute Gasteiger partial charge is 0.462 e. The van der Waals surface area contributed by atoms with E-state index in [1.807, 2.05) is 0 Å². The number of phosphoric acid groups is 2. The van der Waals surface area contributed by atoms with E-state index >= 15 is 0 Å². The zero-order valence-electron chi connectivity index (χ0n) is 33.4. The van der Waals surface area contributed by atoms with Crippen LogP contribution in [0.15, 0.2) is 36.5 Å². The molecule has 55 heavy (non-hydrogen) atoms. The summed E-state index contributed by atoms with van der Waals surface area (Å²) in [6, 6.07) is 0. The van der Waals surface area contributed by atoms with Crippen LogP contribution in [0.1, 0.15) is 143 Å². The molecule has 1 saturated heterocycles. The lowest BCUT2D eigenvalue weighted by atomic mass is 10.00. The Morgan fingerprint density at radius 3 is 2.02 bits per heavy atom. The Hall–Kier alpha value is -1.70. The van der Waals surface area contributed by atoms with E-state index in [4.69, 9.17) is 28.5 Å². The number of carbonyl (C=O) groups is 2. The van der Waals surface area contributed by atoms with E-state index in [-0.39, 0.29) is 25.0 Å². The molecule has 16 heteroatoms. The van der Waals surface area contributed by atoms with Crippen molar-refractivity contribution in [2.45, 2.75) is 167 Å². The second-order valence-corrected chi connectivity index (χ2v) is 16.9. The minimum Gasteiger partial charge on any atom is -0.462 e. The molecule has 1 rings (SSSR count). The minimum absolute atomic E-state index is 0.0817. The van der Waals surface area contributed by atoms with Crippen LogP contribution in [0.2, 0.25) is 0 Å². The van der Waals surface area contributed by atoms with Crippen molar-refractivity contribution in [3.63, 3.8) is 0 Å². The van der Waals surface area contributed by atoms with E-state index in [0.29, 0.717) is 19.3 Å². The summed E-state index contributed by atoms with van der Waals surface area (Å²) in [5, 5.41) is 9.72. The van der Waals surface area contributed by atoms with Gasteiger partial charge in [0, 0.05) is 12.8 Å². The molecule has 6 atom stereocenters. The molecule has 1 aliphatic rings. The molecule has 0 aliphatic carbocycles. The molecule has 0 bridgehead atoms. The summed E-state index contributed by atoms with van der Waals surface area (Å²) in [5.74, 6) is -0.379. The van der Waals surface area contributed by atoms with E-state index < -0.39 is 66.2 Å². The number of unbranched alkanes of at least 4 members (excludes halogenated alkanes) is 8. The SMILES string of the molecule is CCCCC/C=C\C/C=C\C/C=C\CC1OC1CCCC(=O)OC[C@H](COP(=O)(O)OC[C@@H](O)COP(=O)(O)O)OC(=O)CCCCCCCCC(C)CC. The Kier molecular flexibility index (Phi) is 29.2. The minimum atomic E-state index is -4.87. The van der Waals surface area contributed by atoms with Crippen molar-refractivity contribution in [3.05, 3.63) is 36.5 Å². The lowest BCUT2D eigenvalue weighted by molar-refractivity contribution is -0.161. The Labute approximate surface area is 329 Å². The predicted octanol–water partition coefficient (Wildman–Crippen LogP) is 8.57. The van der Waals surface area contributed by atoms with Crippen molar-refractivity contribution in [1.82, 2.24) is 0 Å². The second-order valence-electron chi connectivity index (χ2n) is 14.2. The zero-order valence-corrected chi connectivity index (χ0v) is 35.2. The van der Waals surface area contributed by atoms with E-state index in [2.05, 4.69) is 66.3 Å². The largest absolute Gasteiger partial charge is 0.472 e. The number of hydrogen-bond donors (Lipinski definition) is 4. The van der Waals surface area contributed by atoms with Crippen LogP contribution in [0.5, 0.6) is 0 Å². The molecule has 4 N–H and O–H groups in total. The number of rotatable bonds is 36. The van der Waals surface area contributed by atoms with E-state index in [9.17, 15) is 28.7 Å². The van der Waals surface area contributed by atoms with E-state index in [1.165, 1.54) is 38.5 Å². The Balaban J connectivity index is 2.43. The lowest BCUT2D eigenvalue weighted by Crippen LogP contribution is -2.30. The van der Waals surface area contributed by atoms with Gasteiger partial charge in [0.2, 0.25) is 0 Å². The summed E-state index contributed by atoms with van der Waals surface area (Å²) in [7, 11) is -9.69. The fourth-order valence-corrected chi connectivity index (χ4v) is 6.56. The summed E-state index contributed by atoms with van der Waals surface area (Å²) in [6.45, 7) is 3.87. The van der Waals surface area contributed by atoms with Gasteiger partial charge in [-0.1, -0.05) is 115 Å². The molecule has 0 radical (unpaired) electrons. The number of aliphatic hydroxyl groups is 1. The standard InChI is InChI=1S/C39H70O14P2/c1-4-6-7-8-9-10-11-12-13-14-18-21-25-36-37(53-36)26-23-28-38(41)48-31-35(32-51-55(46,47)50-30-34(40)29-49-54(43,44)45)52-39(42)27-22-19-16-15-17-20-24-33(3)5-2/h9-10,12-13,18,21,33-37,40H,4-8,11,14-17,19-20,22-32H2,1-3H3,(H,46,47)(H2,43,44,45)/b10-9-,13-12-,21-18-/t33?,34-,35+,36?,37?/m0/s1. The van der Waals surface area contributed by atoms with Gasteiger partial charge in [-0.25, -0.2) is 9.13 Å². The number of allylic oxidation sites excluding steroid dienone is 5. The fraction of sp³-hybridized carbons (Fsp3) is 0.795. The van der Waals surface area contributed by atoms with Gasteiger partial charge in [0.25, 0.3) is 0 Å². The van der Waals surface area contributed by atoms with Gasteiger partial charge in [0.1, 0.15) is 12.7 Å². The van der Waals surface area contributed by atoms with Crippen molar-refractivity contribution >= 4 is 27.6 Å². The maximum atomic E-state index is 12.6. The molecule has 0 amide bonds. The molecular formula is C39H70O14P2. The van der Waals surface area contributed by atoms with Crippen molar-refractivity contribution in [2.75, 3.05) is 26.4 Å². The first-order chi connectivity index (χ1) is 26.2. The quantitative estimate of drug-likeness (QED) is 0.0154. The van der Waals surface area contributed by atoms with Crippen LogP contribution in [0.3, 0.4) is 0 Å². The Morgan fingerprint density at radius 2 is 1.33 bits per heavy atom. The topological polar surface area (TPSA) is 208 Å². The van der Waals surface area contributed by atoms with Crippen LogP contribution in [-0.2, 0) is 46.5 Å². The number of carbonyl (C=O) groups excluding carboxylic acids is 2. The molecule has 1 aliphatic heterocycles. The first kappa shape index (κ1) is 51.3. The van der Waals surface area contributed by atoms with E-state index in [1.54, 1.807) is 0 Å². The summed E-state index contributed by atoms with van der Waals surface area (Å²) in [6.07, 6.45) is 27.6. The number of phosphoric ester groups is 2. The van der Waals surface area contributed by atoms with Crippen LogP contribution in [0, 0.1) is 5.92 Å². The average Bonchev–Trinajstić information content (AvgIpc) is 3.89. The summed E-state index contributed by atoms with van der Waals surface area (Å²) in [5.41, 5.74) is 0. The highest BCUT2D eigenvalue weighted by atomic mass is 31.2. The third kappa shape index (κ3) is 32.0. The molecule has 0 saturated carbocycles. The van der Waals surface area contributed by atoms with Gasteiger partial charge < -0.3 is 34.0 Å². The molecule has 0 aromatic carbocycles. The van der Waals surface area contributed by atoms with Crippen molar-refractivity contribution in [2.24, 2.45) is 5.92 Å². The Morgan fingerprint density at radius 1 is 0.709 bits per heavy atom. The van der Waals surface area contributed by atoms with Crippen molar-refractivity contribution < 1.29 is 66.3 Å². The first-order valence-corrected chi connectivity index (χ1v) is 23.2. The third-order valence-corrected chi connectivity index (χ3v) is 10.4. The summed E-state index contributed by atoms with van der Waals surface area (Å²) >= 11 is 0. The maximum Gasteiger partial charge on any atom is 0.472 e. The highest BCUT2D eigenvalue weighted by molar-refractivity contribution is 7.47. The molecule has 1 fully saturated rings. The van der Waals surface area contributed by atoms with Crippen molar-refractivity contribution in [1.29, 1.82) is 0 Å². The third-order valence-electron chi connectivity index (χ3n) is 8.99. The number of ether oxygens (including phenoxy) is 3. The van der Waals surface area contributed by atoms with Gasteiger partial charge in [-0.05, 0) is 57.3 Å². The molecular weight excluding hydrogens is 754 g/mol. The fourth-order valence-electron chi connectivity index (χ4n) is 5.41. The highest BCUT2D eigenvalue weighted by Gasteiger charge is 2.36. The summed E-state index contributed by atoms with van der Waals surface area (Å²) in [4.78, 5) is 52.6. The van der Waals surface area contributed by atoms with Gasteiger partial charge in [0.05, 0.1) is 32.0 Å². The van der Waals surface area contributed by atoms with Crippen LogP contribution in [0.25, 0.3) is 0 Å². The lowest BCUT2D eigenvalue weighted by Gasteiger charge is -2.20. The van der Waals surface area contributed by atoms with Crippen LogP contribution >= 0.6 is 15.6 Å². The molecule has 14 nitrogen and oxygen atoms in total. The zero-order chi connectivity index (χ0) is 40.8. The molecule has 0 aromatic heterocycles. The predicted molar refractivity (Wildman–Crippen MR) is 211 cm³/mol. The highest BCUT2D eigenvalue weighted by Crippen LogP contribution is 2.44. The number of hydrogen-bond acceptors (Lipinski definition) is 11. The molecule has 320 valence electrons. The van der Waals surface area contributed by atoms with Crippen LogP contribution < -0.4 is 0 Å². The number of esters is 2. The average molecular weight is 825 g/mol. The monoisotopic (exact) mass is 824 g/mol. The maximum absolute atomic E-state index is 12.6. The van der Waals surface area contributed by atoms with Gasteiger partial charge in [-0.15, -0.1) is 0 Å². The molecule has 4 unspecified atom stereocenters. The van der Waals surface area contributed by atoms with Gasteiger partial charge >= 0.3 is 27.6 Å². The van der Waals surface area contributed by atoms with Crippen LogP contribution in [0.4, 0.5) is 0 Å². The Bertz CT molecular complexity index is 1200. The van der Waals surface area contributed by atoms with Gasteiger partial charge in [-0.3, -0.25) is 23.2 Å². The van der Waals surface area contributed by atoms with E-state index in [0.717, 1.165) is 57.3 Å². The molecule has 0 aromatic rings. The first-order valence-electron chi connectivity index (χ1n) is 20.2. The van der Waals surface area contributed by atoms with Gasteiger partial charge in [0.15, 0.2) is 6.10 Å². The summed E-state index contributed by atoms with van der Waals surface area (Å²) < 4.78 is 53.4. The number of epoxide rings is 1. The molecule has 1 heterocycles. The number of aliphatic hydroxyl groups excluding tert-OH is 1. The van der Waals surface area contributed by atoms with Crippen molar-refractivity contribution in [3.8, 4) is 0 Å². The van der Waals surface area contributed by atoms with Crippen LogP contribution in [-0.4, -0.2) is 82.6 Å². The normalized spacial score (nSPS) is 18.8. The van der Waals surface area contributed by atoms with Gasteiger partial charge in [-0.2, -0.15) is 0 Å². The second kappa shape index (κ2) is 31.3. The molecule has 0 spiro atoms.